The summed E-state index contributed by atoms with van der Waals surface area (Å²) in [4.78, 5) is 2.35. The molecule has 0 aliphatic heterocycles. The van der Waals surface area contributed by atoms with Crippen molar-refractivity contribution in [2.24, 2.45) is 0 Å². The van der Waals surface area contributed by atoms with Crippen LogP contribution in [0.1, 0.15) is 30.6 Å². The van der Waals surface area contributed by atoms with Crippen LogP contribution >= 0.6 is 0 Å². The van der Waals surface area contributed by atoms with Crippen LogP contribution in [0.15, 0.2) is 60.7 Å². The maximum absolute atomic E-state index is 10.4. The molecule has 0 amide bonds. The van der Waals surface area contributed by atoms with Gasteiger partial charge >= 0.3 is 0 Å². The van der Waals surface area contributed by atoms with E-state index in [1.165, 1.54) is 5.56 Å². The largest absolute Gasteiger partial charge is 1.00 e. The zero-order valence-electron chi connectivity index (χ0n) is 14.6. The molecule has 0 aliphatic carbocycles. The van der Waals surface area contributed by atoms with Gasteiger partial charge in [-0.1, -0.05) is 60.7 Å². The minimum atomic E-state index is -0.404. The molecule has 132 valence electrons. The molecule has 3 nitrogen and oxygen atoms in total. The Labute approximate surface area is 152 Å². The van der Waals surface area contributed by atoms with Crippen molar-refractivity contribution in [1.29, 1.82) is 0 Å². The number of nitrogens with two attached hydrogens (primary N) is 1. The first-order valence-electron chi connectivity index (χ1n) is 8.45. The number of quaternary nitrogens is 1. The van der Waals surface area contributed by atoms with Crippen LogP contribution in [0.4, 0.5) is 0 Å². The molecule has 0 spiro atoms. The summed E-state index contributed by atoms with van der Waals surface area (Å²) in [5.74, 6) is 0. The second-order valence-electron chi connectivity index (χ2n) is 6.32. The highest BCUT2D eigenvalue weighted by molar-refractivity contribution is 5.18. The van der Waals surface area contributed by atoms with Gasteiger partial charge in [0.1, 0.15) is 12.1 Å². The first kappa shape index (κ1) is 20.7. The molecule has 0 aromatic heterocycles. The van der Waals surface area contributed by atoms with Crippen LogP contribution < -0.4 is 17.7 Å². The molecule has 2 rings (SSSR count). The van der Waals surface area contributed by atoms with Crippen molar-refractivity contribution in [2.75, 3.05) is 20.1 Å². The maximum Gasteiger partial charge on any atom is 0.130 e. The zero-order valence-corrected chi connectivity index (χ0v) is 15.4. The summed E-state index contributed by atoms with van der Waals surface area (Å²) in [6.07, 6.45) is 0.716. The van der Waals surface area contributed by atoms with Crippen molar-refractivity contribution in [3.8, 4) is 0 Å². The maximum atomic E-state index is 10.4. The van der Waals surface area contributed by atoms with Gasteiger partial charge in [-0.2, -0.15) is 0 Å². The lowest BCUT2D eigenvalue weighted by Crippen LogP contribution is -3.00. The molecule has 2 aromatic rings. The minimum Gasteiger partial charge on any atom is -1.00 e. The van der Waals surface area contributed by atoms with Crippen LogP contribution in [0, 0.1) is 0 Å². The van der Waals surface area contributed by atoms with E-state index in [2.05, 4.69) is 54.5 Å². The third kappa shape index (κ3) is 7.02. The number of rotatable bonds is 9. The van der Waals surface area contributed by atoms with Crippen molar-refractivity contribution < 1.29 is 22.8 Å². The fraction of sp³-hybridized carbons (Fsp3) is 0.400. The molecule has 0 radical (unpaired) electrons. The molecule has 2 aromatic carbocycles. The van der Waals surface area contributed by atoms with E-state index < -0.39 is 6.10 Å². The second-order valence-corrected chi connectivity index (χ2v) is 6.32. The van der Waals surface area contributed by atoms with Crippen molar-refractivity contribution in [1.82, 2.24) is 4.90 Å². The molecule has 0 heterocycles. The van der Waals surface area contributed by atoms with Crippen molar-refractivity contribution in [3.05, 3.63) is 71.8 Å². The number of halogens is 1. The van der Waals surface area contributed by atoms with Gasteiger partial charge in [0.15, 0.2) is 0 Å². The van der Waals surface area contributed by atoms with E-state index in [-0.39, 0.29) is 18.4 Å². The summed E-state index contributed by atoms with van der Waals surface area (Å²) in [7, 11) is 2.16. The van der Waals surface area contributed by atoms with E-state index in [0.717, 1.165) is 31.6 Å². The van der Waals surface area contributed by atoms with Crippen LogP contribution in [0.3, 0.4) is 0 Å². The molecule has 0 saturated carbocycles. The van der Waals surface area contributed by atoms with Gasteiger partial charge in [-0.3, -0.25) is 0 Å². The van der Waals surface area contributed by atoms with E-state index in [9.17, 15) is 5.11 Å². The summed E-state index contributed by atoms with van der Waals surface area (Å²) in [6, 6.07) is 20.6. The lowest BCUT2D eigenvalue weighted by Gasteiger charge is -2.19. The summed E-state index contributed by atoms with van der Waals surface area (Å²) in [6.45, 7) is 5.18. The summed E-state index contributed by atoms with van der Waals surface area (Å²) in [5.41, 5.74) is 2.35. The summed E-state index contributed by atoms with van der Waals surface area (Å²) in [5, 5.41) is 12.6. The third-order valence-electron chi connectivity index (χ3n) is 4.22. The van der Waals surface area contributed by atoms with Crippen LogP contribution in [-0.4, -0.2) is 36.2 Å². The van der Waals surface area contributed by atoms with Gasteiger partial charge in [-0.05, 0) is 25.1 Å². The average Bonchev–Trinajstić information content (AvgIpc) is 2.59. The zero-order chi connectivity index (χ0) is 16.5. The number of aliphatic hydroxyl groups is 1. The minimum absolute atomic E-state index is 0. The smallest absolute Gasteiger partial charge is 0.130 e. The molecular weight excluding hydrogens is 320 g/mol. The monoisotopic (exact) mass is 348 g/mol. The molecular formula is C20H29ClN2O. The Morgan fingerprint density at radius 2 is 1.58 bits per heavy atom. The normalized spacial score (nSPS) is 13.3. The van der Waals surface area contributed by atoms with Gasteiger partial charge in [-0.15, -0.1) is 0 Å². The Hall–Kier alpha value is -1.39. The topological polar surface area (TPSA) is 40.1 Å². The molecule has 0 fully saturated rings. The molecule has 4 heteroatoms. The Balaban J connectivity index is 0.00000288. The number of benzene rings is 2. The Morgan fingerprint density at radius 3 is 2.21 bits per heavy atom. The lowest BCUT2D eigenvalue weighted by atomic mass is 10.0. The molecule has 0 bridgehead atoms. The summed E-state index contributed by atoms with van der Waals surface area (Å²) >= 11 is 0. The highest BCUT2D eigenvalue weighted by Crippen LogP contribution is 2.13. The van der Waals surface area contributed by atoms with E-state index in [1.54, 1.807) is 0 Å². The van der Waals surface area contributed by atoms with Gasteiger partial charge in [0, 0.05) is 19.5 Å². The molecule has 24 heavy (non-hydrogen) atoms. The molecule has 0 saturated heterocycles. The predicted molar refractivity (Wildman–Crippen MR) is 95.0 cm³/mol. The van der Waals surface area contributed by atoms with E-state index in [1.807, 2.05) is 30.3 Å². The van der Waals surface area contributed by atoms with Gasteiger partial charge < -0.3 is 27.7 Å². The molecule has 0 aliphatic rings. The number of aliphatic hydroxyl groups excluding tert-OH is 1. The number of hydrogen-bond acceptors (Lipinski definition) is 2. The van der Waals surface area contributed by atoms with Crippen molar-refractivity contribution >= 4 is 0 Å². The van der Waals surface area contributed by atoms with Crippen LogP contribution in [-0.2, 0) is 6.54 Å². The van der Waals surface area contributed by atoms with Gasteiger partial charge in [0.05, 0.1) is 6.54 Å². The highest BCUT2D eigenvalue weighted by Gasteiger charge is 2.18. The van der Waals surface area contributed by atoms with Gasteiger partial charge in [0.2, 0.25) is 0 Å². The fourth-order valence-corrected chi connectivity index (χ4v) is 2.80. The van der Waals surface area contributed by atoms with E-state index in [0.29, 0.717) is 0 Å². The van der Waals surface area contributed by atoms with E-state index in [4.69, 9.17) is 0 Å². The quantitative estimate of drug-likeness (QED) is 0.582. The van der Waals surface area contributed by atoms with Crippen LogP contribution in [0.25, 0.3) is 0 Å². The highest BCUT2D eigenvalue weighted by atomic mass is 35.5. The molecule has 2 unspecified atom stereocenters. The average molecular weight is 349 g/mol. The number of hydrogen-bond donors (Lipinski definition) is 2. The van der Waals surface area contributed by atoms with Gasteiger partial charge in [-0.25, -0.2) is 0 Å². The first-order chi connectivity index (χ1) is 11.2. The Morgan fingerprint density at radius 1 is 1.00 bits per heavy atom. The van der Waals surface area contributed by atoms with Crippen molar-refractivity contribution in [3.63, 3.8) is 0 Å². The number of nitrogens with zero attached hydrogens (tertiary/aromatic N) is 1. The van der Waals surface area contributed by atoms with Crippen LogP contribution in [0.2, 0.25) is 0 Å². The third-order valence-corrected chi connectivity index (χ3v) is 4.22. The van der Waals surface area contributed by atoms with Crippen LogP contribution in [0.5, 0.6) is 0 Å². The fourth-order valence-electron chi connectivity index (χ4n) is 2.80. The second kappa shape index (κ2) is 11.2. The molecule has 2 atom stereocenters. The Bertz CT molecular complexity index is 550. The Kier molecular flexibility index (Phi) is 9.65. The van der Waals surface area contributed by atoms with Crippen molar-refractivity contribution in [2.45, 2.75) is 32.0 Å². The first-order valence-corrected chi connectivity index (χ1v) is 8.45. The predicted octanol–water partition coefficient (Wildman–Crippen LogP) is -0.802. The summed E-state index contributed by atoms with van der Waals surface area (Å²) < 4.78 is 0. The van der Waals surface area contributed by atoms with Gasteiger partial charge in [0.25, 0.3) is 0 Å². The standard InChI is InChI=1S/C20H28N2O.ClH/c1-17(20(23)19-12-7-4-8-13-19)21-14-9-15-22(2)16-18-10-5-3-6-11-18;/h3-8,10-13,17,20-21,23H,9,14-16H2,1-2H3;1H. The SMILES string of the molecule is CC([NH2+]CCCN(C)Cc1ccccc1)C(O)c1ccccc1.[Cl-]. The van der Waals surface area contributed by atoms with E-state index >= 15 is 0 Å². The lowest BCUT2D eigenvalue weighted by molar-refractivity contribution is -0.694. The molecule has 3 N–H and O–H groups in total.